The third-order valence-electron chi connectivity index (χ3n) is 5.14. The largest absolute Gasteiger partial charge is 0.394 e. The number of piperidine rings is 1. The zero-order valence-electron chi connectivity index (χ0n) is 13.9. The van der Waals surface area contributed by atoms with Crippen molar-refractivity contribution >= 4 is 16.8 Å². The van der Waals surface area contributed by atoms with Gasteiger partial charge in [-0.25, -0.2) is 0 Å². The summed E-state index contributed by atoms with van der Waals surface area (Å²) in [6.07, 6.45) is 5.24. The topological polar surface area (TPSA) is 76.6 Å². The quantitative estimate of drug-likeness (QED) is 0.759. The Morgan fingerprint density at radius 2 is 2.04 bits per heavy atom. The Balaban J connectivity index is 1.45. The van der Waals surface area contributed by atoms with Gasteiger partial charge in [-0.2, -0.15) is 0 Å². The van der Waals surface area contributed by atoms with E-state index in [1.54, 1.807) is 0 Å². The molecule has 2 heterocycles. The van der Waals surface area contributed by atoms with E-state index in [2.05, 4.69) is 17.1 Å². The molecule has 1 aliphatic rings. The lowest BCUT2D eigenvalue weighted by atomic mass is 9.91. The number of carbonyl (C=O) groups excluding carboxylic acids is 1. The van der Waals surface area contributed by atoms with Gasteiger partial charge in [0.2, 0.25) is 5.91 Å². The molecule has 1 amide bonds. The fourth-order valence-corrected chi connectivity index (χ4v) is 3.61. The van der Waals surface area contributed by atoms with Crippen LogP contribution in [0.15, 0.2) is 30.5 Å². The van der Waals surface area contributed by atoms with Gasteiger partial charge in [0.1, 0.15) is 0 Å². The first-order chi connectivity index (χ1) is 11.7. The number of rotatable bonds is 6. The predicted octanol–water partition coefficient (Wildman–Crippen LogP) is 2.08. The summed E-state index contributed by atoms with van der Waals surface area (Å²) in [5, 5.41) is 19.9. The summed E-state index contributed by atoms with van der Waals surface area (Å²) in [6.45, 7) is 1.19. The molecule has 1 saturated heterocycles. The third-order valence-corrected chi connectivity index (χ3v) is 5.14. The van der Waals surface area contributed by atoms with Crippen molar-refractivity contribution in [2.24, 2.45) is 5.92 Å². The van der Waals surface area contributed by atoms with Gasteiger partial charge in [-0.15, -0.1) is 0 Å². The summed E-state index contributed by atoms with van der Waals surface area (Å²) in [5.74, 6) is 0.317. The number of aromatic nitrogens is 1. The molecule has 3 rings (SSSR count). The van der Waals surface area contributed by atoms with E-state index in [1.807, 2.05) is 23.2 Å². The molecule has 1 aromatic heterocycles. The van der Waals surface area contributed by atoms with E-state index in [0.717, 1.165) is 31.2 Å². The van der Waals surface area contributed by atoms with E-state index in [9.17, 15) is 9.90 Å². The molecular formula is C19H26N2O3. The maximum Gasteiger partial charge on any atom is 0.222 e. The van der Waals surface area contributed by atoms with Crippen molar-refractivity contribution in [1.82, 2.24) is 9.88 Å². The second-order valence-electron chi connectivity index (χ2n) is 6.68. The van der Waals surface area contributed by atoms with Gasteiger partial charge in [-0.1, -0.05) is 18.2 Å². The van der Waals surface area contributed by atoms with Crippen molar-refractivity contribution in [3.8, 4) is 0 Å². The highest BCUT2D eigenvalue weighted by molar-refractivity contribution is 5.83. The lowest BCUT2D eigenvalue weighted by Gasteiger charge is -2.33. The Kier molecular flexibility index (Phi) is 5.53. The number of hydrogen-bond donors (Lipinski definition) is 3. The highest BCUT2D eigenvalue weighted by Gasteiger charge is 2.26. The van der Waals surface area contributed by atoms with Crippen LogP contribution in [0.4, 0.5) is 0 Å². The van der Waals surface area contributed by atoms with Crippen LogP contribution in [0.25, 0.3) is 10.9 Å². The first-order valence-corrected chi connectivity index (χ1v) is 8.80. The van der Waals surface area contributed by atoms with Gasteiger partial charge in [0.15, 0.2) is 0 Å². The number of amides is 1. The number of aliphatic hydroxyl groups is 2. The normalized spacial score (nSPS) is 17.3. The van der Waals surface area contributed by atoms with Gasteiger partial charge in [0.25, 0.3) is 0 Å². The summed E-state index contributed by atoms with van der Waals surface area (Å²) in [4.78, 5) is 17.5. The van der Waals surface area contributed by atoms with Crippen LogP contribution in [0.2, 0.25) is 0 Å². The van der Waals surface area contributed by atoms with Crippen molar-refractivity contribution in [2.45, 2.75) is 38.2 Å². The molecule has 1 aliphatic heterocycles. The minimum absolute atomic E-state index is 0.116. The highest BCUT2D eigenvalue weighted by atomic mass is 16.3. The third kappa shape index (κ3) is 3.79. The van der Waals surface area contributed by atoms with Crippen molar-refractivity contribution < 1.29 is 15.0 Å². The minimum atomic E-state index is -0.649. The van der Waals surface area contributed by atoms with Crippen molar-refractivity contribution in [3.05, 3.63) is 36.0 Å². The number of likely N-dealkylation sites (tertiary alicyclic amines) is 1. The van der Waals surface area contributed by atoms with E-state index in [4.69, 9.17) is 5.11 Å². The van der Waals surface area contributed by atoms with Gasteiger partial charge in [-0.05, 0) is 43.2 Å². The van der Waals surface area contributed by atoms with E-state index < -0.39 is 6.10 Å². The summed E-state index contributed by atoms with van der Waals surface area (Å²) in [5.41, 5.74) is 2.41. The molecule has 0 saturated carbocycles. The molecule has 5 heteroatoms. The molecule has 2 aromatic rings. The Labute approximate surface area is 142 Å². The molecule has 0 spiro atoms. The molecule has 5 nitrogen and oxygen atoms in total. The molecule has 0 aliphatic carbocycles. The standard InChI is InChI=1S/C19H26N2O3/c22-13-18(23)14-8-10-21(11-9-14)19(24)7-3-4-15-12-20-17-6-2-1-5-16(15)17/h1-2,5-6,12,14,18,20,22-23H,3-4,7-11,13H2. The monoisotopic (exact) mass is 330 g/mol. The zero-order chi connectivity index (χ0) is 16.9. The minimum Gasteiger partial charge on any atom is -0.394 e. The fraction of sp³-hybridized carbons (Fsp3) is 0.526. The number of nitrogens with one attached hydrogen (secondary N) is 1. The number of H-pyrrole nitrogens is 1. The maximum absolute atomic E-state index is 12.3. The van der Waals surface area contributed by atoms with Gasteiger partial charge in [-0.3, -0.25) is 4.79 Å². The SMILES string of the molecule is O=C(CCCc1c[nH]c2ccccc12)N1CCC(C(O)CO)CC1. The van der Waals surface area contributed by atoms with Crippen LogP contribution in [-0.4, -0.2) is 51.8 Å². The number of aliphatic hydroxyl groups excluding tert-OH is 2. The number of aromatic amines is 1. The Morgan fingerprint density at radius 3 is 2.79 bits per heavy atom. The molecule has 0 bridgehead atoms. The zero-order valence-corrected chi connectivity index (χ0v) is 13.9. The molecular weight excluding hydrogens is 304 g/mol. The van der Waals surface area contributed by atoms with Crippen LogP contribution in [0, 0.1) is 5.92 Å². The summed E-state index contributed by atoms with van der Waals surface area (Å²) in [7, 11) is 0. The average molecular weight is 330 g/mol. The number of fused-ring (bicyclic) bond motifs is 1. The van der Waals surface area contributed by atoms with Gasteiger partial charge in [0, 0.05) is 36.6 Å². The number of aryl methyl sites for hydroxylation is 1. The smallest absolute Gasteiger partial charge is 0.222 e. The summed E-state index contributed by atoms with van der Waals surface area (Å²) >= 11 is 0. The van der Waals surface area contributed by atoms with Crippen molar-refractivity contribution in [2.75, 3.05) is 19.7 Å². The lowest BCUT2D eigenvalue weighted by Crippen LogP contribution is -2.41. The Bertz CT molecular complexity index is 674. The van der Waals surface area contributed by atoms with Crippen LogP contribution in [-0.2, 0) is 11.2 Å². The van der Waals surface area contributed by atoms with Crippen LogP contribution >= 0.6 is 0 Å². The molecule has 1 fully saturated rings. The van der Waals surface area contributed by atoms with Crippen molar-refractivity contribution in [3.63, 3.8) is 0 Å². The molecule has 1 unspecified atom stereocenters. The summed E-state index contributed by atoms with van der Waals surface area (Å²) in [6, 6.07) is 8.23. The molecule has 3 N–H and O–H groups in total. The number of carbonyl (C=O) groups is 1. The Morgan fingerprint density at radius 1 is 1.29 bits per heavy atom. The van der Waals surface area contributed by atoms with Gasteiger partial charge < -0.3 is 20.1 Å². The summed E-state index contributed by atoms with van der Waals surface area (Å²) < 4.78 is 0. The number of hydrogen-bond acceptors (Lipinski definition) is 3. The van der Waals surface area contributed by atoms with E-state index in [1.165, 1.54) is 10.9 Å². The molecule has 1 aromatic carbocycles. The maximum atomic E-state index is 12.3. The Hall–Kier alpha value is -1.85. The second kappa shape index (κ2) is 7.81. The average Bonchev–Trinajstić information content (AvgIpc) is 3.04. The molecule has 0 radical (unpaired) electrons. The molecule has 130 valence electrons. The second-order valence-corrected chi connectivity index (χ2v) is 6.68. The van der Waals surface area contributed by atoms with Crippen LogP contribution in [0.3, 0.4) is 0 Å². The number of nitrogens with zero attached hydrogens (tertiary/aromatic N) is 1. The lowest BCUT2D eigenvalue weighted by molar-refractivity contribution is -0.133. The fourth-order valence-electron chi connectivity index (χ4n) is 3.61. The first kappa shape index (κ1) is 17.0. The highest BCUT2D eigenvalue weighted by Crippen LogP contribution is 2.22. The van der Waals surface area contributed by atoms with E-state index in [0.29, 0.717) is 19.5 Å². The number of para-hydroxylation sites is 1. The predicted molar refractivity (Wildman–Crippen MR) is 93.6 cm³/mol. The van der Waals surface area contributed by atoms with Crippen LogP contribution < -0.4 is 0 Å². The molecule has 24 heavy (non-hydrogen) atoms. The van der Waals surface area contributed by atoms with Gasteiger partial charge in [0.05, 0.1) is 12.7 Å². The van der Waals surface area contributed by atoms with Crippen LogP contribution in [0.1, 0.15) is 31.2 Å². The van der Waals surface area contributed by atoms with Crippen molar-refractivity contribution in [1.29, 1.82) is 0 Å². The van der Waals surface area contributed by atoms with E-state index >= 15 is 0 Å². The molecule has 1 atom stereocenters. The first-order valence-electron chi connectivity index (χ1n) is 8.80. The van der Waals surface area contributed by atoms with Crippen LogP contribution in [0.5, 0.6) is 0 Å². The van der Waals surface area contributed by atoms with Gasteiger partial charge >= 0.3 is 0 Å². The van der Waals surface area contributed by atoms with E-state index in [-0.39, 0.29) is 18.4 Å². The number of benzene rings is 1.